The standard InChI is InChI=1S/C20H21F3N2O2/c1-27-18-4-2-3-15(13-18)14-24-9-11-25(12-10-24)19(26)16-5-7-17(8-6-16)20(21,22)23/h2-8,13H,9-12,14H2,1H3. The van der Waals surface area contributed by atoms with Crippen LogP contribution >= 0.6 is 0 Å². The molecule has 0 bridgehead atoms. The average Bonchev–Trinajstić information content (AvgIpc) is 2.67. The minimum Gasteiger partial charge on any atom is -0.497 e. The van der Waals surface area contributed by atoms with E-state index in [0.29, 0.717) is 26.2 Å². The quantitative estimate of drug-likeness (QED) is 0.814. The second kappa shape index (κ2) is 8.00. The van der Waals surface area contributed by atoms with Gasteiger partial charge in [0.25, 0.3) is 5.91 Å². The highest BCUT2D eigenvalue weighted by Gasteiger charge is 2.30. The molecule has 3 rings (SSSR count). The van der Waals surface area contributed by atoms with Gasteiger partial charge in [-0.05, 0) is 42.0 Å². The molecule has 2 aromatic rings. The Morgan fingerprint density at radius 1 is 1.04 bits per heavy atom. The maximum atomic E-state index is 12.6. The van der Waals surface area contributed by atoms with Gasteiger partial charge in [0.15, 0.2) is 0 Å². The zero-order valence-corrected chi connectivity index (χ0v) is 15.0. The molecule has 1 amide bonds. The van der Waals surface area contributed by atoms with Crippen LogP contribution in [0, 0.1) is 0 Å². The number of halogens is 3. The lowest BCUT2D eigenvalue weighted by molar-refractivity contribution is -0.137. The third-order valence-electron chi connectivity index (χ3n) is 4.66. The Morgan fingerprint density at radius 2 is 1.70 bits per heavy atom. The molecule has 0 unspecified atom stereocenters. The molecule has 0 N–H and O–H groups in total. The Morgan fingerprint density at radius 3 is 2.30 bits per heavy atom. The first-order valence-electron chi connectivity index (χ1n) is 8.68. The number of ether oxygens (including phenoxy) is 1. The van der Waals surface area contributed by atoms with Gasteiger partial charge in [0.1, 0.15) is 5.75 Å². The minimum absolute atomic E-state index is 0.232. The summed E-state index contributed by atoms with van der Waals surface area (Å²) in [5, 5.41) is 0. The molecule has 27 heavy (non-hydrogen) atoms. The predicted molar refractivity (Wildman–Crippen MR) is 95.6 cm³/mol. The van der Waals surface area contributed by atoms with Gasteiger partial charge in [-0.25, -0.2) is 0 Å². The van der Waals surface area contributed by atoms with E-state index in [1.165, 1.54) is 12.1 Å². The summed E-state index contributed by atoms with van der Waals surface area (Å²) < 4.78 is 43.1. The Bertz CT molecular complexity index is 783. The van der Waals surface area contributed by atoms with Crippen molar-refractivity contribution in [2.24, 2.45) is 0 Å². The highest BCUT2D eigenvalue weighted by atomic mass is 19.4. The summed E-state index contributed by atoms with van der Waals surface area (Å²) in [6, 6.07) is 12.2. The first kappa shape index (κ1) is 19.2. The van der Waals surface area contributed by atoms with E-state index in [2.05, 4.69) is 4.90 Å². The van der Waals surface area contributed by atoms with E-state index in [-0.39, 0.29) is 11.5 Å². The Kier molecular flexibility index (Phi) is 5.70. The number of hydrogen-bond acceptors (Lipinski definition) is 3. The number of rotatable bonds is 4. The third-order valence-corrected chi connectivity index (χ3v) is 4.66. The van der Waals surface area contributed by atoms with Crippen molar-refractivity contribution >= 4 is 5.91 Å². The van der Waals surface area contributed by atoms with Crippen molar-refractivity contribution in [2.75, 3.05) is 33.3 Å². The van der Waals surface area contributed by atoms with E-state index >= 15 is 0 Å². The fourth-order valence-electron chi connectivity index (χ4n) is 3.12. The van der Waals surface area contributed by atoms with Crippen LogP contribution in [-0.2, 0) is 12.7 Å². The molecule has 0 atom stereocenters. The van der Waals surface area contributed by atoms with Crippen LogP contribution in [0.25, 0.3) is 0 Å². The zero-order valence-electron chi connectivity index (χ0n) is 15.0. The van der Waals surface area contributed by atoms with Gasteiger partial charge in [-0.3, -0.25) is 9.69 Å². The Balaban J connectivity index is 1.56. The summed E-state index contributed by atoms with van der Waals surface area (Å²) in [6.45, 7) is 3.28. The number of carbonyl (C=O) groups excluding carboxylic acids is 1. The lowest BCUT2D eigenvalue weighted by Crippen LogP contribution is -2.48. The molecule has 1 fully saturated rings. The van der Waals surface area contributed by atoms with Crippen LogP contribution in [0.4, 0.5) is 13.2 Å². The summed E-state index contributed by atoms with van der Waals surface area (Å²) in [6.07, 6.45) is -4.40. The summed E-state index contributed by atoms with van der Waals surface area (Å²) in [5.41, 5.74) is 0.670. The molecule has 144 valence electrons. The van der Waals surface area contributed by atoms with Crippen LogP contribution in [0.2, 0.25) is 0 Å². The van der Waals surface area contributed by atoms with Crippen LogP contribution < -0.4 is 4.74 Å². The highest BCUT2D eigenvalue weighted by Crippen LogP contribution is 2.29. The largest absolute Gasteiger partial charge is 0.497 e. The molecule has 0 radical (unpaired) electrons. The predicted octanol–water partition coefficient (Wildman–Crippen LogP) is 3.67. The van der Waals surface area contributed by atoms with Crippen molar-refractivity contribution in [3.8, 4) is 5.75 Å². The van der Waals surface area contributed by atoms with Crippen molar-refractivity contribution in [2.45, 2.75) is 12.7 Å². The van der Waals surface area contributed by atoms with Crippen LogP contribution in [0.3, 0.4) is 0 Å². The monoisotopic (exact) mass is 378 g/mol. The molecule has 0 saturated carbocycles. The SMILES string of the molecule is COc1cccc(CN2CCN(C(=O)c3ccc(C(F)(F)F)cc3)CC2)c1. The van der Waals surface area contributed by atoms with E-state index in [4.69, 9.17) is 4.74 Å². The molecular formula is C20H21F3N2O2. The van der Waals surface area contributed by atoms with Crippen molar-refractivity contribution in [3.63, 3.8) is 0 Å². The molecular weight excluding hydrogens is 357 g/mol. The van der Waals surface area contributed by atoms with Gasteiger partial charge in [0, 0.05) is 38.3 Å². The topological polar surface area (TPSA) is 32.8 Å². The summed E-state index contributed by atoms with van der Waals surface area (Å²) >= 11 is 0. The van der Waals surface area contributed by atoms with E-state index in [0.717, 1.165) is 30.0 Å². The van der Waals surface area contributed by atoms with E-state index < -0.39 is 11.7 Å². The van der Waals surface area contributed by atoms with Gasteiger partial charge in [-0.2, -0.15) is 13.2 Å². The van der Waals surface area contributed by atoms with Crippen LogP contribution in [0.1, 0.15) is 21.5 Å². The van der Waals surface area contributed by atoms with Crippen molar-refractivity contribution in [3.05, 3.63) is 65.2 Å². The molecule has 1 aliphatic heterocycles. The van der Waals surface area contributed by atoms with Crippen molar-refractivity contribution in [1.29, 1.82) is 0 Å². The van der Waals surface area contributed by atoms with E-state index in [9.17, 15) is 18.0 Å². The summed E-state index contributed by atoms with van der Waals surface area (Å²) in [5.74, 6) is 0.577. The number of methoxy groups -OCH3 is 1. The number of amides is 1. The first-order chi connectivity index (χ1) is 12.9. The molecule has 1 heterocycles. The van der Waals surface area contributed by atoms with E-state index in [1.807, 2.05) is 24.3 Å². The summed E-state index contributed by atoms with van der Waals surface area (Å²) in [4.78, 5) is 16.4. The second-order valence-corrected chi connectivity index (χ2v) is 6.49. The molecule has 0 aromatic heterocycles. The first-order valence-corrected chi connectivity index (χ1v) is 8.68. The molecule has 0 spiro atoms. The normalized spacial score (nSPS) is 15.6. The number of hydrogen-bond donors (Lipinski definition) is 0. The molecule has 4 nitrogen and oxygen atoms in total. The van der Waals surface area contributed by atoms with E-state index in [1.54, 1.807) is 12.0 Å². The molecule has 2 aromatic carbocycles. The fourth-order valence-corrected chi connectivity index (χ4v) is 3.12. The molecule has 1 saturated heterocycles. The zero-order chi connectivity index (χ0) is 19.4. The third kappa shape index (κ3) is 4.80. The Hall–Kier alpha value is -2.54. The fraction of sp³-hybridized carbons (Fsp3) is 0.350. The number of benzene rings is 2. The minimum atomic E-state index is -4.40. The lowest BCUT2D eigenvalue weighted by atomic mass is 10.1. The van der Waals surface area contributed by atoms with Crippen LogP contribution in [0.5, 0.6) is 5.75 Å². The number of alkyl halides is 3. The highest BCUT2D eigenvalue weighted by molar-refractivity contribution is 5.94. The molecule has 1 aliphatic rings. The number of piperazine rings is 1. The lowest BCUT2D eigenvalue weighted by Gasteiger charge is -2.34. The second-order valence-electron chi connectivity index (χ2n) is 6.49. The van der Waals surface area contributed by atoms with Gasteiger partial charge in [-0.15, -0.1) is 0 Å². The molecule has 7 heteroatoms. The van der Waals surface area contributed by atoms with Gasteiger partial charge in [0.05, 0.1) is 12.7 Å². The van der Waals surface area contributed by atoms with Gasteiger partial charge >= 0.3 is 6.18 Å². The molecule has 0 aliphatic carbocycles. The maximum absolute atomic E-state index is 12.6. The Labute approximate surface area is 156 Å². The number of carbonyl (C=O) groups is 1. The van der Waals surface area contributed by atoms with Crippen LogP contribution in [-0.4, -0.2) is 49.0 Å². The average molecular weight is 378 g/mol. The number of nitrogens with zero attached hydrogens (tertiary/aromatic N) is 2. The van der Waals surface area contributed by atoms with Gasteiger partial charge in [0.2, 0.25) is 0 Å². The smallest absolute Gasteiger partial charge is 0.416 e. The van der Waals surface area contributed by atoms with Gasteiger partial charge < -0.3 is 9.64 Å². The van der Waals surface area contributed by atoms with Gasteiger partial charge in [-0.1, -0.05) is 12.1 Å². The van der Waals surface area contributed by atoms with Crippen molar-refractivity contribution < 1.29 is 22.7 Å². The van der Waals surface area contributed by atoms with Crippen LogP contribution in [0.15, 0.2) is 48.5 Å². The van der Waals surface area contributed by atoms with Crippen molar-refractivity contribution in [1.82, 2.24) is 9.80 Å². The maximum Gasteiger partial charge on any atom is 0.416 e. The summed E-state index contributed by atoms with van der Waals surface area (Å²) in [7, 11) is 1.63.